The molecule has 0 heterocycles. The molecule has 0 aliphatic heterocycles. The summed E-state index contributed by atoms with van der Waals surface area (Å²) in [6.07, 6.45) is 0.109. The summed E-state index contributed by atoms with van der Waals surface area (Å²) >= 11 is 3.50. The summed E-state index contributed by atoms with van der Waals surface area (Å²) in [5, 5.41) is 0. The first-order valence-electron chi connectivity index (χ1n) is 6.76. The average Bonchev–Trinajstić information content (AvgIpc) is 2.78. The first-order chi connectivity index (χ1) is 9.63. The van der Waals surface area contributed by atoms with Crippen LogP contribution < -0.4 is 4.74 Å². The molecule has 1 atom stereocenters. The van der Waals surface area contributed by atoms with E-state index in [0.29, 0.717) is 30.9 Å². The molecule has 0 fully saturated rings. The van der Waals surface area contributed by atoms with E-state index in [1.54, 1.807) is 13.2 Å². The number of ketones is 1. The van der Waals surface area contributed by atoms with Crippen molar-refractivity contribution in [3.8, 4) is 5.75 Å². The summed E-state index contributed by atoms with van der Waals surface area (Å²) in [7, 11) is 1.58. The van der Waals surface area contributed by atoms with Crippen molar-refractivity contribution in [2.75, 3.05) is 20.3 Å². The van der Waals surface area contributed by atoms with Gasteiger partial charge >= 0.3 is 0 Å². The normalized spacial score (nSPS) is 17.6. The van der Waals surface area contributed by atoms with Crippen LogP contribution in [0.3, 0.4) is 0 Å². The summed E-state index contributed by atoms with van der Waals surface area (Å²) in [5.41, 5.74) is 1.63. The van der Waals surface area contributed by atoms with Gasteiger partial charge in [0.1, 0.15) is 5.75 Å². The Morgan fingerprint density at radius 1 is 1.30 bits per heavy atom. The Labute approximate surface area is 127 Å². The first kappa shape index (κ1) is 15.5. The van der Waals surface area contributed by atoms with E-state index >= 15 is 0 Å². The molecule has 0 spiro atoms. The number of carbonyl (C=O) groups excluding carboxylic acids is 1. The Bertz CT molecular complexity index is 495. The van der Waals surface area contributed by atoms with E-state index < -0.39 is 6.29 Å². The molecule has 0 bridgehead atoms. The van der Waals surface area contributed by atoms with Gasteiger partial charge in [0, 0.05) is 17.7 Å². The number of fused-ring (bicyclic) bond motifs is 1. The predicted octanol–water partition coefficient (Wildman–Crippen LogP) is 3.21. The van der Waals surface area contributed by atoms with Crippen LogP contribution >= 0.6 is 15.9 Å². The van der Waals surface area contributed by atoms with Crippen molar-refractivity contribution in [3.63, 3.8) is 0 Å². The average molecular weight is 343 g/mol. The highest BCUT2D eigenvalue weighted by Crippen LogP contribution is 2.40. The molecule has 1 aromatic rings. The maximum atomic E-state index is 12.7. The van der Waals surface area contributed by atoms with Crippen molar-refractivity contribution < 1.29 is 19.0 Å². The largest absolute Gasteiger partial charge is 0.496 e. The molecule has 4 nitrogen and oxygen atoms in total. The van der Waals surface area contributed by atoms with Crippen LogP contribution in [0.5, 0.6) is 5.75 Å². The molecule has 0 unspecified atom stereocenters. The van der Waals surface area contributed by atoms with Gasteiger partial charge in [-0.15, -0.1) is 0 Å². The van der Waals surface area contributed by atoms with Gasteiger partial charge in [0.25, 0.3) is 0 Å². The van der Waals surface area contributed by atoms with Crippen molar-refractivity contribution in [1.82, 2.24) is 0 Å². The second-order valence-electron chi connectivity index (χ2n) is 4.56. The molecule has 0 saturated heterocycles. The lowest BCUT2D eigenvalue weighted by Crippen LogP contribution is -2.31. The van der Waals surface area contributed by atoms with Crippen LogP contribution in [-0.4, -0.2) is 32.4 Å². The van der Waals surface area contributed by atoms with Gasteiger partial charge in [0.05, 0.1) is 18.6 Å². The summed E-state index contributed by atoms with van der Waals surface area (Å²) in [5.74, 6) is 0.338. The fraction of sp³-hybridized carbons (Fsp3) is 0.533. The lowest BCUT2D eigenvalue weighted by atomic mass is 10.0. The second kappa shape index (κ2) is 6.70. The van der Waals surface area contributed by atoms with Gasteiger partial charge < -0.3 is 14.2 Å². The molecule has 0 aromatic heterocycles. The molecule has 0 N–H and O–H groups in total. The molecule has 2 rings (SSSR count). The van der Waals surface area contributed by atoms with E-state index in [4.69, 9.17) is 14.2 Å². The van der Waals surface area contributed by atoms with Crippen molar-refractivity contribution in [2.45, 2.75) is 26.6 Å². The maximum Gasteiger partial charge on any atom is 0.175 e. The summed E-state index contributed by atoms with van der Waals surface area (Å²) in [4.78, 5) is 12.7. The zero-order valence-electron chi connectivity index (χ0n) is 11.9. The zero-order valence-corrected chi connectivity index (χ0v) is 13.5. The third kappa shape index (κ3) is 2.75. The summed E-state index contributed by atoms with van der Waals surface area (Å²) < 4.78 is 17.4. The van der Waals surface area contributed by atoms with Crippen LogP contribution in [0.2, 0.25) is 0 Å². The number of ether oxygens (including phenoxy) is 3. The smallest absolute Gasteiger partial charge is 0.175 e. The molecule has 1 aliphatic rings. The topological polar surface area (TPSA) is 44.8 Å². The van der Waals surface area contributed by atoms with Crippen molar-refractivity contribution in [2.24, 2.45) is 5.92 Å². The molecule has 110 valence electrons. The molecule has 20 heavy (non-hydrogen) atoms. The van der Waals surface area contributed by atoms with Gasteiger partial charge in [-0.05, 0) is 38.0 Å². The highest BCUT2D eigenvalue weighted by molar-refractivity contribution is 9.10. The van der Waals surface area contributed by atoms with Crippen LogP contribution in [0.1, 0.15) is 29.8 Å². The highest BCUT2D eigenvalue weighted by Gasteiger charge is 2.40. The molecule has 0 saturated carbocycles. The predicted molar refractivity (Wildman–Crippen MR) is 79.3 cm³/mol. The number of methoxy groups -OCH3 is 1. The fourth-order valence-corrected chi connectivity index (χ4v) is 3.06. The summed E-state index contributed by atoms with van der Waals surface area (Å²) in [6, 6.07) is 3.71. The fourth-order valence-electron chi connectivity index (χ4n) is 2.57. The number of hydrogen-bond donors (Lipinski definition) is 0. The summed E-state index contributed by atoms with van der Waals surface area (Å²) in [6.45, 7) is 4.83. The van der Waals surface area contributed by atoms with Gasteiger partial charge in [0.15, 0.2) is 12.1 Å². The van der Waals surface area contributed by atoms with Gasteiger partial charge in [-0.25, -0.2) is 0 Å². The minimum absolute atomic E-state index is 0.0325. The third-order valence-corrected chi connectivity index (χ3v) is 4.18. The van der Waals surface area contributed by atoms with Crippen LogP contribution in [0.15, 0.2) is 16.6 Å². The number of carbonyl (C=O) groups is 1. The van der Waals surface area contributed by atoms with E-state index in [2.05, 4.69) is 15.9 Å². The molecular formula is C15H19BrO4. The SMILES string of the molecule is CCOC(OCC)[C@H]1Cc2c(Br)ccc(OC)c2C1=O. The Balaban J connectivity index is 2.34. The van der Waals surface area contributed by atoms with Crippen LogP contribution in [0.25, 0.3) is 0 Å². The standard InChI is InChI=1S/C15H19BrO4/c1-4-19-15(20-5-2)10-8-9-11(16)6-7-12(18-3)13(9)14(10)17/h6-7,10,15H,4-5,8H2,1-3H3/t10-/m0/s1. The number of benzene rings is 1. The van der Waals surface area contributed by atoms with Crippen LogP contribution in [0.4, 0.5) is 0 Å². The van der Waals surface area contributed by atoms with Crippen LogP contribution in [-0.2, 0) is 15.9 Å². The van der Waals surface area contributed by atoms with Gasteiger partial charge in [-0.1, -0.05) is 15.9 Å². The molecular weight excluding hydrogens is 324 g/mol. The lowest BCUT2D eigenvalue weighted by Gasteiger charge is -2.21. The van der Waals surface area contributed by atoms with E-state index in [1.165, 1.54) is 0 Å². The van der Waals surface area contributed by atoms with Crippen molar-refractivity contribution in [3.05, 3.63) is 27.7 Å². The zero-order chi connectivity index (χ0) is 14.7. The molecule has 0 radical (unpaired) electrons. The minimum Gasteiger partial charge on any atom is -0.496 e. The monoisotopic (exact) mass is 342 g/mol. The molecule has 1 aromatic carbocycles. The van der Waals surface area contributed by atoms with E-state index in [9.17, 15) is 4.79 Å². The van der Waals surface area contributed by atoms with Gasteiger partial charge in [-0.3, -0.25) is 4.79 Å². The van der Waals surface area contributed by atoms with E-state index in [-0.39, 0.29) is 11.7 Å². The van der Waals surface area contributed by atoms with Crippen LogP contribution in [0, 0.1) is 5.92 Å². The molecule has 0 amide bonds. The highest BCUT2D eigenvalue weighted by atomic mass is 79.9. The molecule has 1 aliphatic carbocycles. The Morgan fingerprint density at radius 2 is 1.95 bits per heavy atom. The minimum atomic E-state index is -0.499. The second-order valence-corrected chi connectivity index (χ2v) is 5.41. The number of hydrogen-bond acceptors (Lipinski definition) is 4. The Kier molecular flexibility index (Phi) is 5.18. The maximum absolute atomic E-state index is 12.7. The number of Topliss-reactive ketones (excluding diaryl/α,β-unsaturated/α-hetero) is 1. The van der Waals surface area contributed by atoms with Crippen molar-refractivity contribution in [1.29, 1.82) is 0 Å². The Morgan fingerprint density at radius 3 is 2.50 bits per heavy atom. The van der Waals surface area contributed by atoms with Gasteiger partial charge in [-0.2, -0.15) is 0 Å². The lowest BCUT2D eigenvalue weighted by molar-refractivity contribution is -0.156. The van der Waals surface area contributed by atoms with Crippen molar-refractivity contribution >= 4 is 21.7 Å². The third-order valence-electron chi connectivity index (χ3n) is 3.44. The first-order valence-corrected chi connectivity index (χ1v) is 7.56. The quantitative estimate of drug-likeness (QED) is 0.744. The number of halogens is 1. The van der Waals surface area contributed by atoms with Gasteiger partial charge in [0.2, 0.25) is 0 Å². The number of rotatable bonds is 6. The van der Waals surface area contributed by atoms with E-state index in [1.807, 2.05) is 19.9 Å². The molecule has 5 heteroatoms. The Hall–Kier alpha value is -0.910. The van der Waals surface area contributed by atoms with E-state index in [0.717, 1.165) is 10.0 Å².